The monoisotopic (exact) mass is 488 g/mol. The minimum absolute atomic E-state index is 0.0859. The minimum atomic E-state index is -5.77. The maximum atomic E-state index is 13.1. The summed E-state index contributed by atoms with van der Waals surface area (Å²) < 4.78 is 67.6. The lowest BCUT2D eigenvalue weighted by Gasteiger charge is -2.41. The Balaban J connectivity index is 2.85. The van der Waals surface area contributed by atoms with Crippen LogP contribution < -0.4 is 19.7 Å². The molecule has 0 aliphatic rings. The van der Waals surface area contributed by atoms with Crippen molar-refractivity contribution >= 4 is 41.8 Å². The fourth-order valence-corrected chi connectivity index (χ4v) is 12.2. The zero-order chi connectivity index (χ0) is 23.8. The molecule has 0 saturated carbocycles. The Morgan fingerprint density at radius 1 is 0.839 bits per heavy atom. The van der Waals surface area contributed by atoms with E-state index in [-0.39, 0.29) is 16.8 Å². The summed E-state index contributed by atoms with van der Waals surface area (Å²) in [6.45, 7) is 15.0. The van der Waals surface area contributed by atoms with Crippen molar-refractivity contribution in [1.29, 1.82) is 0 Å². The molecule has 0 bridgehead atoms. The first-order valence-electron chi connectivity index (χ1n) is 10.3. The molecule has 3 nitrogen and oxygen atoms in total. The smallest absolute Gasteiger partial charge is 0.376 e. The van der Waals surface area contributed by atoms with E-state index in [4.69, 9.17) is 4.18 Å². The summed E-state index contributed by atoms with van der Waals surface area (Å²) in [5.74, 6) is -0.229. The second-order valence-electron chi connectivity index (χ2n) is 9.49. The van der Waals surface area contributed by atoms with Gasteiger partial charge in [0.25, 0.3) is 0 Å². The molecule has 0 heterocycles. The van der Waals surface area contributed by atoms with Crippen LogP contribution in [0.4, 0.5) is 13.2 Å². The quantitative estimate of drug-likeness (QED) is 0.318. The standard InChI is InChI=1S/C22H31F3O3SSi2/c1-16(2)31(17(3)4,19-12-10-11-18(15-19)30(5,6)7)21-14-9-8-13-20(21)28-29(26,27)22(23,24)25/h8-17H,1-7H3. The van der Waals surface area contributed by atoms with Crippen LogP contribution in [0.5, 0.6) is 5.75 Å². The summed E-state index contributed by atoms with van der Waals surface area (Å²) in [5.41, 5.74) is -5.32. The van der Waals surface area contributed by atoms with E-state index >= 15 is 0 Å². The van der Waals surface area contributed by atoms with Crippen molar-refractivity contribution in [3.8, 4) is 5.75 Å². The molecule has 0 atom stereocenters. The molecule has 0 unspecified atom stereocenters. The Hall–Kier alpha value is -1.59. The fraction of sp³-hybridized carbons (Fsp3) is 0.455. The minimum Gasteiger partial charge on any atom is -0.376 e. The SMILES string of the molecule is CC(C)[Si](c1cccc([Si](C)(C)C)c1)(c1ccccc1OS(=O)(=O)C(F)(F)F)C(C)C. The molecule has 0 aliphatic carbocycles. The van der Waals surface area contributed by atoms with Crippen LogP contribution in [0, 0.1) is 0 Å². The molecule has 0 aliphatic heterocycles. The molecule has 172 valence electrons. The maximum absolute atomic E-state index is 13.1. The molecule has 0 radical (unpaired) electrons. The van der Waals surface area contributed by atoms with Gasteiger partial charge < -0.3 is 4.18 Å². The average Bonchev–Trinajstić information content (AvgIpc) is 2.61. The van der Waals surface area contributed by atoms with Gasteiger partial charge in [-0.25, -0.2) is 0 Å². The number of para-hydroxylation sites is 1. The van der Waals surface area contributed by atoms with Crippen molar-refractivity contribution < 1.29 is 25.8 Å². The third-order valence-corrected chi connectivity index (χ3v) is 15.1. The van der Waals surface area contributed by atoms with Crippen LogP contribution in [0.1, 0.15) is 27.7 Å². The number of halogens is 3. The number of alkyl halides is 3. The summed E-state index contributed by atoms with van der Waals surface area (Å²) in [6.07, 6.45) is 0. The van der Waals surface area contributed by atoms with Gasteiger partial charge in [0, 0.05) is 0 Å². The highest BCUT2D eigenvalue weighted by molar-refractivity contribution is 7.88. The number of hydrogen-bond donors (Lipinski definition) is 0. The molecule has 0 saturated heterocycles. The van der Waals surface area contributed by atoms with E-state index < -0.39 is 31.8 Å². The molecule has 0 aromatic heterocycles. The van der Waals surface area contributed by atoms with Crippen molar-refractivity contribution in [3.63, 3.8) is 0 Å². The van der Waals surface area contributed by atoms with E-state index in [9.17, 15) is 21.6 Å². The number of hydrogen-bond acceptors (Lipinski definition) is 3. The summed E-state index contributed by atoms with van der Waals surface area (Å²) in [4.78, 5) is 0. The van der Waals surface area contributed by atoms with Crippen LogP contribution in [-0.4, -0.2) is 30.1 Å². The van der Waals surface area contributed by atoms with Crippen molar-refractivity contribution in [2.45, 2.75) is 63.9 Å². The normalized spacial score (nSPS) is 13.7. The topological polar surface area (TPSA) is 43.4 Å². The van der Waals surface area contributed by atoms with Gasteiger partial charge in [-0.05, 0) is 22.3 Å². The molecule has 31 heavy (non-hydrogen) atoms. The zero-order valence-electron chi connectivity index (χ0n) is 19.0. The predicted molar refractivity (Wildman–Crippen MR) is 127 cm³/mol. The zero-order valence-corrected chi connectivity index (χ0v) is 21.9. The average molecular weight is 489 g/mol. The highest BCUT2D eigenvalue weighted by Crippen LogP contribution is 2.36. The molecule has 0 fully saturated rings. The molecule has 0 amide bonds. The largest absolute Gasteiger partial charge is 0.534 e. The van der Waals surface area contributed by atoms with E-state index in [1.54, 1.807) is 12.1 Å². The van der Waals surface area contributed by atoms with Crippen LogP contribution in [0.2, 0.25) is 30.7 Å². The molecule has 2 rings (SSSR count). The van der Waals surface area contributed by atoms with Gasteiger partial charge in [0.1, 0.15) is 13.8 Å². The highest BCUT2D eigenvalue weighted by atomic mass is 32.2. The van der Waals surface area contributed by atoms with Crippen molar-refractivity contribution in [3.05, 3.63) is 48.5 Å². The third-order valence-electron chi connectivity index (χ3n) is 5.84. The van der Waals surface area contributed by atoms with E-state index in [1.165, 1.54) is 17.3 Å². The molecule has 2 aromatic rings. The van der Waals surface area contributed by atoms with Gasteiger partial charge >= 0.3 is 15.6 Å². The lowest BCUT2D eigenvalue weighted by molar-refractivity contribution is -0.0499. The first-order chi connectivity index (χ1) is 14.0. The Bertz CT molecular complexity index is 1020. The molecule has 0 spiro atoms. The fourth-order valence-electron chi connectivity index (χ4n) is 4.40. The Morgan fingerprint density at radius 3 is 1.84 bits per heavy atom. The predicted octanol–water partition coefficient (Wildman–Crippen LogP) is 4.84. The number of benzene rings is 2. The second kappa shape index (κ2) is 8.75. The van der Waals surface area contributed by atoms with Gasteiger partial charge in [0.15, 0.2) is 0 Å². The van der Waals surface area contributed by atoms with Crippen molar-refractivity contribution in [2.75, 3.05) is 0 Å². The van der Waals surface area contributed by atoms with Gasteiger partial charge in [0.05, 0.1) is 8.07 Å². The highest BCUT2D eigenvalue weighted by Gasteiger charge is 2.51. The van der Waals surface area contributed by atoms with Gasteiger partial charge in [0.2, 0.25) is 0 Å². The van der Waals surface area contributed by atoms with Crippen LogP contribution in [-0.2, 0) is 10.1 Å². The van der Waals surface area contributed by atoms with Crippen LogP contribution >= 0.6 is 0 Å². The lowest BCUT2D eigenvalue weighted by atomic mass is 10.3. The van der Waals surface area contributed by atoms with Crippen LogP contribution in [0.25, 0.3) is 0 Å². The first-order valence-corrected chi connectivity index (χ1v) is 17.3. The summed E-state index contributed by atoms with van der Waals surface area (Å²) in [6, 6.07) is 14.6. The third kappa shape index (κ3) is 4.93. The van der Waals surface area contributed by atoms with Gasteiger partial charge in [-0.2, -0.15) is 21.6 Å². The Morgan fingerprint density at radius 2 is 1.35 bits per heavy atom. The maximum Gasteiger partial charge on any atom is 0.534 e. The molecular formula is C22H31F3O3SSi2. The van der Waals surface area contributed by atoms with E-state index in [2.05, 4.69) is 59.5 Å². The van der Waals surface area contributed by atoms with Crippen molar-refractivity contribution in [2.24, 2.45) is 0 Å². The molecule has 0 N–H and O–H groups in total. The van der Waals surface area contributed by atoms with Gasteiger partial charge in [-0.15, -0.1) is 0 Å². The second-order valence-corrected chi connectivity index (χ2v) is 21.3. The number of rotatable bonds is 7. The van der Waals surface area contributed by atoms with E-state index in [0.29, 0.717) is 5.19 Å². The van der Waals surface area contributed by atoms with Crippen molar-refractivity contribution in [1.82, 2.24) is 0 Å². The lowest BCUT2D eigenvalue weighted by Crippen LogP contribution is -2.64. The van der Waals surface area contributed by atoms with Gasteiger partial charge in [-0.1, -0.05) is 100 Å². The first kappa shape index (κ1) is 25.7. The van der Waals surface area contributed by atoms with E-state index in [1.807, 2.05) is 12.1 Å². The summed E-state index contributed by atoms with van der Waals surface area (Å²) >= 11 is 0. The van der Waals surface area contributed by atoms with Crippen LogP contribution in [0.3, 0.4) is 0 Å². The summed E-state index contributed by atoms with van der Waals surface area (Å²) in [5, 5.41) is 2.91. The molecular weight excluding hydrogens is 457 g/mol. The molecule has 2 aromatic carbocycles. The van der Waals surface area contributed by atoms with Gasteiger partial charge in [-0.3, -0.25) is 0 Å². The van der Waals surface area contributed by atoms with E-state index in [0.717, 1.165) is 5.19 Å². The van der Waals surface area contributed by atoms with Crippen LogP contribution in [0.15, 0.2) is 48.5 Å². The molecule has 9 heteroatoms. The summed E-state index contributed by atoms with van der Waals surface area (Å²) in [7, 11) is -10.2. The Labute approximate surface area is 185 Å². The Kier molecular flexibility index (Phi) is 7.24.